The van der Waals surface area contributed by atoms with Gasteiger partial charge in [-0.2, -0.15) is 0 Å². The number of imidazole rings is 1. The third-order valence-corrected chi connectivity index (χ3v) is 3.40. The van der Waals surface area contributed by atoms with Crippen molar-refractivity contribution in [3.05, 3.63) is 12.7 Å². The molecule has 84 valence electrons. The molecule has 1 N–H and O–H groups in total. The molecule has 2 aromatic rings. The van der Waals surface area contributed by atoms with Crippen LogP contribution in [0.5, 0.6) is 0 Å². The lowest BCUT2D eigenvalue weighted by molar-refractivity contribution is 0.685. The maximum atomic E-state index is 4.41. The normalized spacial score (nSPS) is 25.5. The lowest BCUT2D eigenvalue weighted by atomic mass is 10.2. The summed E-state index contributed by atoms with van der Waals surface area (Å²) in [6.45, 7) is 4.49. The fourth-order valence-electron chi connectivity index (χ4n) is 2.56. The number of nitrogens with one attached hydrogen (secondary N) is 1. The van der Waals surface area contributed by atoms with Gasteiger partial charge in [0.25, 0.3) is 0 Å². The minimum absolute atomic E-state index is 0.538. The quantitative estimate of drug-likeness (QED) is 0.790. The highest BCUT2D eigenvalue weighted by atomic mass is 15.3. The van der Waals surface area contributed by atoms with Gasteiger partial charge in [-0.3, -0.25) is 0 Å². The van der Waals surface area contributed by atoms with Gasteiger partial charge in [-0.05, 0) is 26.7 Å². The van der Waals surface area contributed by atoms with Crippen molar-refractivity contribution < 1.29 is 0 Å². The van der Waals surface area contributed by atoms with Crippen molar-refractivity contribution in [3.63, 3.8) is 0 Å². The molecule has 0 saturated carbocycles. The van der Waals surface area contributed by atoms with Gasteiger partial charge in [-0.25, -0.2) is 15.0 Å². The summed E-state index contributed by atoms with van der Waals surface area (Å²) in [6, 6.07) is 1.08. The zero-order valence-corrected chi connectivity index (χ0v) is 9.51. The third kappa shape index (κ3) is 1.27. The van der Waals surface area contributed by atoms with Crippen molar-refractivity contribution in [2.24, 2.45) is 0 Å². The van der Waals surface area contributed by atoms with Crippen LogP contribution < -0.4 is 4.90 Å². The van der Waals surface area contributed by atoms with Gasteiger partial charge in [0.05, 0.1) is 6.33 Å². The number of anilines is 1. The van der Waals surface area contributed by atoms with Crippen LogP contribution in [0.3, 0.4) is 0 Å². The Kier molecular flexibility index (Phi) is 2.05. The van der Waals surface area contributed by atoms with Gasteiger partial charge in [-0.1, -0.05) is 0 Å². The van der Waals surface area contributed by atoms with Crippen molar-refractivity contribution in [1.29, 1.82) is 0 Å². The number of hydrogen-bond donors (Lipinski definition) is 1. The van der Waals surface area contributed by atoms with Gasteiger partial charge in [0, 0.05) is 12.1 Å². The zero-order chi connectivity index (χ0) is 11.1. The Morgan fingerprint density at radius 3 is 2.69 bits per heavy atom. The SMILES string of the molecule is CC1CCC(C)N1c1ncnc2nc[nH]c12. The minimum Gasteiger partial charge on any atom is -0.349 e. The number of hydrogen-bond acceptors (Lipinski definition) is 4. The standard InChI is InChI=1S/C11H15N5/c1-7-3-4-8(2)16(7)11-9-10(13-5-12-9)14-6-15-11/h5-8H,3-4H2,1-2H3,(H,12,13,14,15). The van der Waals surface area contributed by atoms with Crippen LogP contribution in [0.1, 0.15) is 26.7 Å². The summed E-state index contributed by atoms with van der Waals surface area (Å²) < 4.78 is 0. The minimum atomic E-state index is 0.538. The van der Waals surface area contributed by atoms with Crippen LogP contribution in [0.25, 0.3) is 11.2 Å². The molecule has 5 nitrogen and oxygen atoms in total. The molecule has 2 aromatic heterocycles. The van der Waals surface area contributed by atoms with E-state index in [0.717, 1.165) is 17.0 Å². The van der Waals surface area contributed by atoms with Gasteiger partial charge < -0.3 is 9.88 Å². The lowest BCUT2D eigenvalue weighted by Crippen LogP contribution is -2.33. The number of H-pyrrole nitrogens is 1. The number of aromatic nitrogens is 4. The molecule has 1 saturated heterocycles. The summed E-state index contributed by atoms with van der Waals surface area (Å²) in [6.07, 6.45) is 5.71. The van der Waals surface area contributed by atoms with E-state index in [1.165, 1.54) is 12.8 Å². The monoisotopic (exact) mass is 217 g/mol. The molecule has 0 radical (unpaired) electrons. The van der Waals surface area contributed by atoms with Crippen LogP contribution in [0.4, 0.5) is 5.82 Å². The molecule has 16 heavy (non-hydrogen) atoms. The Bertz CT molecular complexity index is 496. The van der Waals surface area contributed by atoms with Crippen molar-refractivity contribution in [2.75, 3.05) is 4.90 Å². The summed E-state index contributed by atoms with van der Waals surface area (Å²) in [5, 5.41) is 0. The molecule has 0 aromatic carbocycles. The fraction of sp³-hybridized carbons (Fsp3) is 0.545. The topological polar surface area (TPSA) is 57.7 Å². The average molecular weight is 217 g/mol. The molecule has 0 amide bonds. The summed E-state index contributed by atoms with van der Waals surface area (Å²) in [7, 11) is 0. The first-order valence-electron chi connectivity index (χ1n) is 5.70. The highest BCUT2D eigenvalue weighted by Gasteiger charge is 2.29. The molecule has 5 heteroatoms. The maximum absolute atomic E-state index is 4.41. The van der Waals surface area contributed by atoms with Crippen LogP contribution in [0.15, 0.2) is 12.7 Å². The first kappa shape index (κ1) is 9.57. The highest BCUT2D eigenvalue weighted by molar-refractivity contribution is 5.83. The largest absolute Gasteiger partial charge is 0.349 e. The van der Waals surface area contributed by atoms with Gasteiger partial charge in [0.2, 0.25) is 0 Å². The van der Waals surface area contributed by atoms with Crippen molar-refractivity contribution >= 4 is 17.0 Å². The molecule has 3 rings (SSSR count). The number of nitrogens with zero attached hydrogens (tertiary/aromatic N) is 4. The van der Waals surface area contributed by atoms with E-state index in [2.05, 4.69) is 38.7 Å². The molecule has 2 unspecified atom stereocenters. The molecule has 0 aliphatic carbocycles. The molecule has 1 aliphatic rings. The van der Waals surface area contributed by atoms with Gasteiger partial charge in [0.15, 0.2) is 11.5 Å². The summed E-state index contributed by atoms with van der Waals surface area (Å²) in [5.41, 5.74) is 1.69. The average Bonchev–Trinajstić information content (AvgIpc) is 2.86. The van der Waals surface area contributed by atoms with Crippen molar-refractivity contribution in [2.45, 2.75) is 38.8 Å². The molecule has 1 fully saturated rings. The third-order valence-electron chi connectivity index (χ3n) is 3.40. The zero-order valence-electron chi connectivity index (χ0n) is 9.51. The van der Waals surface area contributed by atoms with E-state index < -0.39 is 0 Å². The predicted octanol–water partition coefficient (Wildman–Crippen LogP) is 1.73. The second kappa shape index (κ2) is 3.43. The van der Waals surface area contributed by atoms with Crippen molar-refractivity contribution in [3.8, 4) is 0 Å². The molecule has 1 aliphatic heterocycles. The molecule has 2 atom stereocenters. The smallest absolute Gasteiger partial charge is 0.182 e. The molecule has 0 spiro atoms. The van der Waals surface area contributed by atoms with Crippen LogP contribution in [-0.4, -0.2) is 32.0 Å². The predicted molar refractivity (Wildman–Crippen MR) is 62.3 cm³/mol. The Balaban J connectivity index is 2.14. The first-order valence-corrected chi connectivity index (χ1v) is 5.70. The Hall–Kier alpha value is -1.65. The van der Waals surface area contributed by atoms with E-state index in [0.29, 0.717) is 12.1 Å². The Labute approximate surface area is 93.9 Å². The number of fused-ring (bicyclic) bond motifs is 1. The van der Waals surface area contributed by atoms with E-state index in [9.17, 15) is 0 Å². The molecular formula is C11H15N5. The first-order chi connectivity index (χ1) is 7.77. The van der Waals surface area contributed by atoms with E-state index in [1.54, 1.807) is 12.7 Å². The summed E-state index contributed by atoms with van der Waals surface area (Å²) in [4.78, 5) is 18.2. The molecular weight excluding hydrogens is 202 g/mol. The Morgan fingerprint density at radius 1 is 1.19 bits per heavy atom. The van der Waals surface area contributed by atoms with E-state index >= 15 is 0 Å². The van der Waals surface area contributed by atoms with Crippen LogP contribution in [0, 0.1) is 0 Å². The van der Waals surface area contributed by atoms with Crippen LogP contribution in [-0.2, 0) is 0 Å². The van der Waals surface area contributed by atoms with Crippen LogP contribution >= 0.6 is 0 Å². The van der Waals surface area contributed by atoms with E-state index in [-0.39, 0.29) is 0 Å². The maximum Gasteiger partial charge on any atom is 0.182 e. The second-order valence-electron chi connectivity index (χ2n) is 4.48. The molecule has 0 bridgehead atoms. The highest BCUT2D eigenvalue weighted by Crippen LogP contribution is 2.31. The van der Waals surface area contributed by atoms with E-state index in [1.807, 2.05) is 0 Å². The number of aromatic amines is 1. The van der Waals surface area contributed by atoms with Gasteiger partial charge in [-0.15, -0.1) is 0 Å². The number of rotatable bonds is 1. The Morgan fingerprint density at radius 2 is 1.94 bits per heavy atom. The second-order valence-corrected chi connectivity index (χ2v) is 4.48. The van der Waals surface area contributed by atoms with Gasteiger partial charge >= 0.3 is 0 Å². The summed E-state index contributed by atoms with van der Waals surface area (Å²) >= 11 is 0. The fourth-order valence-corrected chi connectivity index (χ4v) is 2.56. The summed E-state index contributed by atoms with van der Waals surface area (Å²) in [5.74, 6) is 0.986. The van der Waals surface area contributed by atoms with E-state index in [4.69, 9.17) is 0 Å². The van der Waals surface area contributed by atoms with Crippen LogP contribution in [0.2, 0.25) is 0 Å². The lowest BCUT2D eigenvalue weighted by Gasteiger charge is -2.27. The van der Waals surface area contributed by atoms with Gasteiger partial charge in [0.1, 0.15) is 11.8 Å². The molecule has 3 heterocycles. The van der Waals surface area contributed by atoms with Crippen molar-refractivity contribution in [1.82, 2.24) is 19.9 Å².